The number of nitrogens with one attached hydrogen (secondary N) is 9. The molecule has 8 amide bonds. The number of hydrogen-bond acceptors (Lipinski definition) is 14. The molecule has 0 saturated heterocycles. The third kappa shape index (κ3) is 23.0. The van der Waals surface area contributed by atoms with Gasteiger partial charge in [-0.2, -0.15) is 0 Å². The molecule has 0 aliphatic rings. The Bertz CT molecular complexity index is 2060. The maximum atomic E-state index is 14.2. The van der Waals surface area contributed by atoms with E-state index in [-0.39, 0.29) is 62.7 Å². The SMILES string of the molecule is CC(C)C[C@H](NC(=O)[C@H](Cc1cnc[nH]1)NC(=O)[C@H](CC(=O)O)NC(=O)[C@H](CC(C)C)NC(=O)[C@H](Cc1cnc[nH]1)NC(=O)[C@@H](N)CC(C)C)C(=O)N[C@@H](CCC(N)=O)C(=O)N[C@@H](CCCCN)C(=O)O. The van der Waals surface area contributed by atoms with Crippen LogP contribution < -0.4 is 54.4 Å². The van der Waals surface area contributed by atoms with Crippen molar-refractivity contribution < 1.29 is 58.2 Å². The molecule has 0 aromatic carbocycles. The van der Waals surface area contributed by atoms with Gasteiger partial charge in [0.2, 0.25) is 47.3 Å². The Hall–Kier alpha value is -6.96. The van der Waals surface area contributed by atoms with Crippen LogP contribution in [-0.2, 0) is 60.8 Å². The standard InChI is InChI=1S/C45H74N14O12/c1-23(2)13-28(47)38(63)55-33(16-26-19-49-21-51-26)42(67)57-32(15-25(5)6)41(66)59-35(18-37(61)62)44(69)58-34(17-27-20-50-22-52-27)43(68)56-31(14-24(3)4)40(65)53-29(10-11-36(48)60)39(64)54-30(45(70)71)9-7-8-12-46/h19-25,28-35H,7-18,46-47H2,1-6H3,(H2,48,60)(H,49,51)(H,50,52)(H,53,65)(H,54,64)(H,55,63)(H,56,68)(H,57,67)(H,58,69)(H,59,66)(H,61,62)(H,70,71)/t28-,29-,30-,31-,32-,33-,34-,35-/m0/s1. The number of imidazole rings is 2. The van der Waals surface area contributed by atoms with Gasteiger partial charge in [-0.3, -0.25) is 43.2 Å². The molecule has 17 N–H and O–H groups in total. The minimum atomic E-state index is -1.83. The predicted octanol–water partition coefficient (Wildman–Crippen LogP) is -2.27. The number of nitrogens with zero attached hydrogens (tertiary/aromatic N) is 2. The van der Waals surface area contributed by atoms with Gasteiger partial charge < -0.3 is 74.6 Å². The molecule has 0 saturated carbocycles. The molecule has 8 atom stereocenters. The molecule has 2 aromatic heterocycles. The van der Waals surface area contributed by atoms with E-state index >= 15 is 0 Å². The van der Waals surface area contributed by atoms with E-state index in [1.54, 1.807) is 27.7 Å². The van der Waals surface area contributed by atoms with Crippen molar-refractivity contribution in [2.24, 2.45) is 35.0 Å². The molecular formula is C45H74N14O12. The molecule has 0 unspecified atom stereocenters. The van der Waals surface area contributed by atoms with Crippen LogP contribution in [0.1, 0.15) is 111 Å². The number of amides is 8. The molecule has 2 heterocycles. The van der Waals surface area contributed by atoms with E-state index in [0.717, 1.165) is 0 Å². The lowest BCUT2D eigenvalue weighted by Crippen LogP contribution is -2.61. The molecule has 26 nitrogen and oxygen atoms in total. The topological polar surface area (TPSA) is 431 Å². The van der Waals surface area contributed by atoms with Crippen molar-refractivity contribution >= 4 is 59.2 Å². The van der Waals surface area contributed by atoms with E-state index in [1.807, 2.05) is 13.8 Å². The zero-order valence-corrected chi connectivity index (χ0v) is 41.2. The fourth-order valence-electron chi connectivity index (χ4n) is 7.27. The predicted molar refractivity (Wildman–Crippen MR) is 256 cm³/mol. The van der Waals surface area contributed by atoms with E-state index < -0.39 is 114 Å². The number of carbonyl (C=O) groups is 10. The summed E-state index contributed by atoms with van der Waals surface area (Å²) in [5.41, 5.74) is 17.8. The molecule has 0 aliphatic heterocycles. The van der Waals surface area contributed by atoms with Crippen LogP contribution >= 0.6 is 0 Å². The highest BCUT2D eigenvalue weighted by Crippen LogP contribution is 2.12. The Labute approximate surface area is 412 Å². The Morgan fingerprint density at radius 1 is 0.535 bits per heavy atom. The summed E-state index contributed by atoms with van der Waals surface area (Å²) < 4.78 is 0. The minimum absolute atomic E-state index is 0.000705. The van der Waals surface area contributed by atoms with Crippen LogP contribution in [0.25, 0.3) is 0 Å². The van der Waals surface area contributed by atoms with Gasteiger partial charge >= 0.3 is 11.9 Å². The van der Waals surface area contributed by atoms with Crippen molar-refractivity contribution in [3.63, 3.8) is 0 Å². The molecule has 396 valence electrons. The monoisotopic (exact) mass is 1000 g/mol. The summed E-state index contributed by atoms with van der Waals surface area (Å²) in [4.78, 5) is 146. The van der Waals surface area contributed by atoms with E-state index in [9.17, 15) is 58.2 Å². The average Bonchev–Trinajstić information content (AvgIpc) is 4.00. The van der Waals surface area contributed by atoms with E-state index in [4.69, 9.17) is 17.2 Å². The number of H-pyrrole nitrogens is 2. The van der Waals surface area contributed by atoms with Crippen molar-refractivity contribution in [2.75, 3.05) is 6.54 Å². The largest absolute Gasteiger partial charge is 0.481 e. The van der Waals surface area contributed by atoms with Crippen LogP contribution in [0.3, 0.4) is 0 Å². The second-order valence-corrected chi connectivity index (χ2v) is 18.7. The maximum Gasteiger partial charge on any atom is 0.326 e. The highest BCUT2D eigenvalue weighted by atomic mass is 16.4. The Balaban J connectivity index is 2.43. The summed E-state index contributed by atoms with van der Waals surface area (Å²) in [7, 11) is 0. The minimum Gasteiger partial charge on any atom is -0.481 e. The van der Waals surface area contributed by atoms with E-state index in [2.05, 4.69) is 57.2 Å². The molecule has 0 radical (unpaired) electrons. The van der Waals surface area contributed by atoms with Crippen LogP contribution in [0.5, 0.6) is 0 Å². The third-order valence-electron chi connectivity index (χ3n) is 10.9. The second-order valence-electron chi connectivity index (χ2n) is 18.7. The lowest BCUT2D eigenvalue weighted by Gasteiger charge is -2.28. The van der Waals surface area contributed by atoms with Crippen molar-refractivity contribution in [1.29, 1.82) is 0 Å². The van der Waals surface area contributed by atoms with Crippen molar-refractivity contribution in [2.45, 2.75) is 161 Å². The Morgan fingerprint density at radius 2 is 0.930 bits per heavy atom. The first-order valence-corrected chi connectivity index (χ1v) is 23.7. The molecule has 0 bridgehead atoms. The fourth-order valence-corrected chi connectivity index (χ4v) is 7.27. The maximum absolute atomic E-state index is 14.2. The smallest absolute Gasteiger partial charge is 0.326 e. The van der Waals surface area contributed by atoms with Crippen LogP contribution in [-0.4, -0.2) is 144 Å². The molecule has 26 heteroatoms. The zero-order chi connectivity index (χ0) is 53.4. The van der Waals surface area contributed by atoms with Gasteiger partial charge in [0, 0.05) is 43.0 Å². The summed E-state index contributed by atoms with van der Waals surface area (Å²) >= 11 is 0. The number of rotatable bonds is 34. The van der Waals surface area contributed by atoms with Crippen LogP contribution in [0.4, 0.5) is 0 Å². The summed E-state index contributed by atoms with van der Waals surface area (Å²) in [6, 6.07) is -11.2. The molecule has 0 spiro atoms. The molecule has 71 heavy (non-hydrogen) atoms. The van der Waals surface area contributed by atoms with Crippen LogP contribution in [0, 0.1) is 17.8 Å². The van der Waals surface area contributed by atoms with Crippen LogP contribution in [0.15, 0.2) is 25.0 Å². The lowest BCUT2D eigenvalue weighted by atomic mass is 10.00. The first-order chi connectivity index (χ1) is 33.4. The second kappa shape index (κ2) is 30.6. The fraction of sp³-hybridized carbons (Fsp3) is 0.644. The number of carboxylic acids is 2. The summed E-state index contributed by atoms with van der Waals surface area (Å²) in [6.07, 6.45) is 4.63. The number of hydrogen-bond donors (Lipinski definition) is 14. The number of unbranched alkanes of at least 4 members (excludes halogenated alkanes) is 1. The van der Waals surface area contributed by atoms with Crippen molar-refractivity contribution in [3.8, 4) is 0 Å². The van der Waals surface area contributed by atoms with Crippen molar-refractivity contribution in [1.82, 2.24) is 57.2 Å². The highest BCUT2D eigenvalue weighted by molar-refractivity contribution is 5.98. The van der Waals surface area contributed by atoms with Gasteiger partial charge in [-0.25, -0.2) is 14.8 Å². The van der Waals surface area contributed by atoms with Gasteiger partial charge in [-0.1, -0.05) is 41.5 Å². The first-order valence-electron chi connectivity index (χ1n) is 23.7. The number of carboxylic acid groups (broad SMARTS) is 2. The number of primary amides is 1. The van der Waals surface area contributed by atoms with Crippen molar-refractivity contribution in [3.05, 3.63) is 36.4 Å². The quantitative estimate of drug-likeness (QED) is 0.0329. The van der Waals surface area contributed by atoms with Gasteiger partial charge in [-0.05, 0) is 69.2 Å². The molecule has 0 aliphatic carbocycles. The van der Waals surface area contributed by atoms with Gasteiger partial charge in [0.15, 0.2) is 0 Å². The number of aromatic amines is 2. The first kappa shape index (κ1) is 60.2. The molecule has 0 fully saturated rings. The van der Waals surface area contributed by atoms with Gasteiger partial charge in [0.25, 0.3) is 0 Å². The summed E-state index contributed by atoms with van der Waals surface area (Å²) in [6.45, 7) is 11.0. The number of nitrogens with two attached hydrogens (primary N) is 3. The van der Waals surface area contributed by atoms with Gasteiger partial charge in [0.1, 0.15) is 42.3 Å². The molecule has 2 rings (SSSR count). The summed E-state index contributed by atoms with van der Waals surface area (Å²) in [5, 5.41) is 37.2. The van der Waals surface area contributed by atoms with Gasteiger partial charge in [0.05, 0.1) is 25.1 Å². The molecular weight excluding hydrogens is 929 g/mol. The molecule has 2 aromatic rings. The average molecular weight is 1000 g/mol. The summed E-state index contributed by atoms with van der Waals surface area (Å²) in [5.74, 6) is -10.4. The third-order valence-corrected chi connectivity index (χ3v) is 10.9. The number of aliphatic carboxylic acids is 2. The van der Waals surface area contributed by atoms with E-state index in [0.29, 0.717) is 37.2 Å². The number of carbonyl (C=O) groups excluding carboxylic acids is 8. The van der Waals surface area contributed by atoms with Gasteiger partial charge in [-0.15, -0.1) is 0 Å². The Morgan fingerprint density at radius 3 is 1.34 bits per heavy atom. The highest BCUT2D eigenvalue weighted by Gasteiger charge is 2.36. The lowest BCUT2D eigenvalue weighted by molar-refractivity contribution is -0.143. The Kier molecular flexibility index (Phi) is 25.9. The van der Waals surface area contributed by atoms with E-state index in [1.165, 1.54) is 25.0 Å². The van der Waals surface area contributed by atoms with Crippen LogP contribution in [0.2, 0.25) is 0 Å². The normalized spacial score (nSPS) is 14.7. The number of aromatic nitrogens is 4. The zero-order valence-electron chi connectivity index (χ0n) is 41.2.